The van der Waals surface area contributed by atoms with E-state index in [1.54, 1.807) is 0 Å². The molecule has 1 fully saturated rings. The van der Waals surface area contributed by atoms with Gasteiger partial charge in [0.25, 0.3) is 0 Å². The van der Waals surface area contributed by atoms with Crippen LogP contribution in [-0.4, -0.2) is 56.2 Å². The number of amides is 1. The van der Waals surface area contributed by atoms with Gasteiger partial charge in [0.2, 0.25) is 5.91 Å². The summed E-state index contributed by atoms with van der Waals surface area (Å²) in [5, 5.41) is 2.66. The highest BCUT2D eigenvalue weighted by atomic mass is 127. The number of halogens is 1. The van der Waals surface area contributed by atoms with Gasteiger partial charge in [-0.2, -0.15) is 0 Å². The zero-order chi connectivity index (χ0) is 11.1. The third-order valence-electron chi connectivity index (χ3n) is 2.09. The lowest BCUT2D eigenvalue weighted by Gasteiger charge is -2.27. The van der Waals surface area contributed by atoms with Crippen molar-refractivity contribution in [1.29, 1.82) is 0 Å². The van der Waals surface area contributed by atoms with Crippen LogP contribution in [-0.2, 0) is 9.53 Å². The minimum absolute atomic E-state index is 0. The van der Waals surface area contributed by atoms with Crippen LogP contribution in [0.2, 0.25) is 0 Å². The van der Waals surface area contributed by atoms with Gasteiger partial charge in [-0.15, -0.1) is 24.0 Å². The maximum atomic E-state index is 11.1. The molecular weight excluding hydrogens is 323 g/mol. The summed E-state index contributed by atoms with van der Waals surface area (Å²) < 4.78 is 5.18. The number of nitrogens with one attached hydrogen (secondary N) is 1. The molecular formula is C9H19IN4O2. The monoisotopic (exact) mass is 342 g/mol. The summed E-state index contributed by atoms with van der Waals surface area (Å²) >= 11 is 0. The Morgan fingerprint density at radius 1 is 1.50 bits per heavy atom. The van der Waals surface area contributed by atoms with E-state index in [0.717, 1.165) is 13.1 Å². The summed E-state index contributed by atoms with van der Waals surface area (Å²) in [4.78, 5) is 17.1. The molecule has 94 valence electrons. The molecule has 1 aliphatic rings. The van der Waals surface area contributed by atoms with Crippen molar-refractivity contribution in [2.75, 3.05) is 39.4 Å². The quantitative estimate of drug-likeness (QED) is 0.407. The molecule has 3 N–H and O–H groups in total. The van der Waals surface area contributed by atoms with Crippen LogP contribution < -0.4 is 11.1 Å². The molecule has 0 bridgehead atoms. The molecule has 0 aromatic heterocycles. The van der Waals surface area contributed by atoms with E-state index < -0.39 is 0 Å². The van der Waals surface area contributed by atoms with E-state index in [4.69, 9.17) is 10.5 Å². The molecule has 0 unspecified atom stereocenters. The second-order valence-corrected chi connectivity index (χ2v) is 3.23. The summed E-state index contributed by atoms with van der Waals surface area (Å²) in [5.74, 6) is 0.318. The van der Waals surface area contributed by atoms with Gasteiger partial charge in [-0.3, -0.25) is 4.79 Å². The van der Waals surface area contributed by atoms with Crippen molar-refractivity contribution in [3.8, 4) is 0 Å². The lowest BCUT2D eigenvalue weighted by Crippen LogP contribution is -2.45. The summed E-state index contributed by atoms with van der Waals surface area (Å²) in [6.45, 7) is 5.39. The Morgan fingerprint density at radius 2 is 2.12 bits per heavy atom. The van der Waals surface area contributed by atoms with Crippen LogP contribution in [0.5, 0.6) is 0 Å². The second kappa shape index (κ2) is 8.57. The number of carbonyl (C=O) groups is 1. The van der Waals surface area contributed by atoms with Gasteiger partial charge in [0.05, 0.1) is 13.2 Å². The van der Waals surface area contributed by atoms with E-state index in [1.165, 1.54) is 0 Å². The third-order valence-corrected chi connectivity index (χ3v) is 2.09. The van der Waals surface area contributed by atoms with Crippen LogP contribution in [0.4, 0.5) is 0 Å². The zero-order valence-electron chi connectivity index (χ0n) is 9.44. The standard InChI is InChI=1S/C9H18N4O2.HI/c1-2-11-8(14)7-12-9(10)13-3-5-15-6-4-13;/h2-7H2,1H3,(H2,10,12)(H,11,14);1H. The molecule has 0 saturated carbocycles. The lowest BCUT2D eigenvalue weighted by atomic mass is 10.4. The average molecular weight is 342 g/mol. The first-order valence-electron chi connectivity index (χ1n) is 5.13. The van der Waals surface area contributed by atoms with E-state index in [-0.39, 0.29) is 36.4 Å². The fourth-order valence-electron chi connectivity index (χ4n) is 1.30. The molecule has 0 radical (unpaired) electrons. The van der Waals surface area contributed by atoms with Gasteiger partial charge in [0.15, 0.2) is 5.96 Å². The normalized spacial score (nSPS) is 16.6. The van der Waals surface area contributed by atoms with Gasteiger partial charge in [0.1, 0.15) is 6.54 Å². The summed E-state index contributed by atoms with van der Waals surface area (Å²) in [7, 11) is 0. The predicted octanol–water partition coefficient (Wildman–Crippen LogP) is -0.613. The highest BCUT2D eigenvalue weighted by Crippen LogP contribution is 1.95. The van der Waals surface area contributed by atoms with Crippen molar-refractivity contribution in [1.82, 2.24) is 10.2 Å². The molecule has 0 aromatic rings. The molecule has 0 aliphatic carbocycles. The summed E-state index contributed by atoms with van der Waals surface area (Å²) in [6, 6.07) is 0. The Balaban J connectivity index is 0.00000225. The summed E-state index contributed by atoms with van der Waals surface area (Å²) in [6.07, 6.45) is 0. The van der Waals surface area contributed by atoms with E-state index in [1.807, 2.05) is 11.8 Å². The van der Waals surface area contributed by atoms with E-state index in [2.05, 4.69) is 10.3 Å². The molecule has 0 spiro atoms. The van der Waals surface area contributed by atoms with Crippen LogP contribution in [0, 0.1) is 0 Å². The van der Waals surface area contributed by atoms with Crippen LogP contribution in [0.1, 0.15) is 6.92 Å². The number of likely N-dealkylation sites (N-methyl/N-ethyl adjacent to an activating group) is 1. The number of ether oxygens (including phenoxy) is 1. The van der Waals surface area contributed by atoms with Gasteiger partial charge < -0.3 is 20.7 Å². The van der Waals surface area contributed by atoms with Gasteiger partial charge in [0, 0.05) is 19.6 Å². The van der Waals surface area contributed by atoms with Gasteiger partial charge in [-0.25, -0.2) is 4.99 Å². The molecule has 6 nitrogen and oxygen atoms in total. The molecule has 1 rings (SSSR count). The molecule has 16 heavy (non-hydrogen) atoms. The van der Waals surface area contributed by atoms with E-state index >= 15 is 0 Å². The highest BCUT2D eigenvalue weighted by Gasteiger charge is 2.12. The number of nitrogens with two attached hydrogens (primary N) is 1. The Hall–Kier alpha value is -0.570. The number of aliphatic imine (C=N–C) groups is 1. The van der Waals surface area contributed by atoms with E-state index in [9.17, 15) is 4.79 Å². The Labute approximate surface area is 113 Å². The fourth-order valence-corrected chi connectivity index (χ4v) is 1.30. The van der Waals surface area contributed by atoms with Crippen molar-refractivity contribution in [3.05, 3.63) is 0 Å². The van der Waals surface area contributed by atoms with Gasteiger partial charge in [-0.1, -0.05) is 0 Å². The van der Waals surface area contributed by atoms with Crippen LogP contribution in [0.25, 0.3) is 0 Å². The molecule has 1 amide bonds. The first-order valence-corrected chi connectivity index (χ1v) is 5.13. The van der Waals surface area contributed by atoms with Crippen LogP contribution >= 0.6 is 24.0 Å². The minimum atomic E-state index is -0.103. The van der Waals surface area contributed by atoms with Gasteiger partial charge >= 0.3 is 0 Å². The van der Waals surface area contributed by atoms with Crippen molar-refractivity contribution in [2.45, 2.75) is 6.92 Å². The zero-order valence-corrected chi connectivity index (χ0v) is 11.8. The topological polar surface area (TPSA) is 80.0 Å². The van der Waals surface area contributed by atoms with Crippen molar-refractivity contribution in [3.63, 3.8) is 0 Å². The summed E-state index contributed by atoms with van der Waals surface area (Å²) in [5.41, 5.74) is 5.73. The SMILES string of the molecule is CCNC(=O)CN=C(N)N1CCOCC1.I. The fraction of sp³-hybridized carbons (Fsp3) is 0.778. The van der Waals surface area contributed by atoms with Crippen molar-refractivity contribution >= 4 is 35.8 Å². The largest absolute Gasteiger partial charge is 0.378 e. The van der Waals surface area contributed by atoms with Crippen molar-refractivity contribution < 1.29 is 9.53 Å². The third kappa shape index (κ3) is 5.50. The first kappa shape index (κ1) is 15.4. The van der Waals surface area contributed by atoms with E-state index in [0.29, 0.717) is 25.7 Å². The molecule has 0 atom stereocenters. The molecule has 7 heteroatoms. The van der Waals surface area contributed by atoms with Crippen LogP contribution in [0.15, 0.2) is 4.99 Å². The number of hydrogen-bond acceptors (Lipinski definition) is 3. The molecule has 1 heterocycles. The van der Waals surface area contributed by atoms with Crippen LogP contribution in [0.3, 0.4) is 0 Å². The number of guanidine groups is 1. The maximum Gasteiger partial charge on any atom is 0.241 e. The molecule has 1 saturated heterocycles. The molecule has 1 aliphatic heterocycles. The Bertz CT molecular complexity index is 242. The lowest BCUT2D eigenvalue weighted by molar-refractivity contribution is -0.119. The number of rotatable bonds is 3. The smallest absolute Gasteiger partial charge is 0.241 e. The highest BCUT2D eigenvalue weighted by molar-refractivity contribution is 14.0. The predicted molar refractivity (Wildman–Crippen MR) is 73.0 cm³/mol. The Morgan fingerprint density at radius 3 is 2.69 bits per heavy atom. The number of hydrogen-bond donors (Lipinski definition) is 2. The second-order valence-electron chi connectivity index (χ2n) is 3.23. The van der Waals surface area contributed by atoms with Gasteiger partial charge in [-0.05, 0) is 6.92 Å². The minimum Gasteiger partial charge on any atom is -0.378 e. The number of morpholine rings is 1. The number of nitrogens with zero attached hydrogens (tertiary/aromatic N) is 2. The first-order chi connectivity index (χ1) is 7.24. The average Bonchev–Trinajstić information content (AvgIpc) is 2.27. The maximum absolute atomic E-state index is 11.1. The number of carbonyl (C=O) groups excluding carboxylic acids is 1. The Kier molecular flexibility index (Phi) is 8.26. The molecule has 0 aromatic carbocycles. The van der Waals surface area contributed by atoms with Crippen molar-refractivity contribution in [2.24, 2.45) is 10.7 Å².